The summed E-state index contributed by atoms with van der Waals surface area (Å²) in [4.78, 5) is 36.2. The lowest BCUT2D eigenvalue weighted by molar-refractivity contribution is -0.115. The fraction of sp³-hybridized carbons (Fsp3) is 0.429. The van der Waals surface area contributed by atoms with Gasteiger partial charge in [0.1, 0.15) is 0 Å². The Morgan fingerprint density at radius 2 is 2.32 bits per heavy atom. The average Bonchev–Trinajstić information content (AvgIpc) is 3.05. The van der Waals surface area contributed by atoms with Crippen LogP contribution >= 0.6 is 11.8 Å². The summed E-state index contributed by atoms with van der Waals surface area (Å²) in [6.07, 6.45) is 4.36. The molecule has 116 valence electrons. The van der Waals surface area contributed by atoms with Crippen molar-refractivity contribution in [3.8, 4) is 0 Å². The molecular formula is C14H17N5O2S. The van der Waals surface area contributed by atoms with E-state index in [4.69, 9.17) is 0 Å². The van der Waals surface area contributed by atoms with E-state index in [2.05, 4.69) is 32.1 Å². The molecule has 8 heteroatoms. The number of nitrogens with one attached hydrogen (secondary N) is 1. The molecule has 0 saturated carbocycles. The molecule has 2 fully saturated rings. The van der Waals surface area contributed by atoms with Gasteiger partial charge in [-0.25, -0.2) is 9.97 Å². The highest BCUT2D eigenvalue weighted by molar-refractivity contribution is 8.18. The minimum Gasteiger partial charge on any atom is -0.340 e. The molecule has 7 nitrogen and oxygen atoms in total. The van der Waals surface area contributed by atoms with Crippen LogP contribution in [0.5, 0.6) is 0 Å². The first kappa shape index (κ1) is 15.0. The van der Waals surface area contributed by atoms with Crippen LogP contribution in [0.15, 0.2) is 17.2 Å². The zero-order valence-corrected chi connectivity index (χ0v) is 13.3. The van der Waals surface area contributed by atoms with Crippen LogP contribution in [0, 0.1) is 0 Å². The van der Waals surface area contributed by atoms with Gasteiger partial charge in [-0.05, 0) is 43.9 Å². The molecule has 3 heterocycles. The van der Waals surface area contributed by atoms with Gasteiger partial charge in [0.2, 0.25) is 5.95 Å². The van der Waals surface area contributed by atoms with Gasteiger partial charge in [-0.2, -0.15) is 0 Å². The maximum Gasteiger partial charge on any atom is 0.290 e. The van der Waals surface area contributed by atoms with Gasteiger partial charge >= 0.3 is 0 Å². The standard InChI is InChI=1S/C14H17N5O2S/c1-18-6-4-10(8-18)19(2)13-15-5-3-9(16-13)7-11-12(20)17-14(21)22-11/h3,5,7,10H,4,6,8H2,1-2H3,(H,17,20,21). The highest BCUT2D eigenvalue weighted by atomic mass is 32.2. The molecule has 2 aliphatic heterocycles. The summed E-state index contributed by atoms with van der Waals surface area (Å²) in [6, 6.07) is 2.11. The molecule has 22 heavy (non-hydrogen) atoms. The monoisotopic (exact) mass is 319 g/mol. The molecule has 0 aromatic carbocycles. The van der Waals surface area contributed by atoms with Crippen LogP contribution in [-0.4, -0.2) is 59.2 Å². The summed E-state index contributed by atoms with van der Waals surface area (Å²) < 4.78 is 0. The summed E-state index contributed by atoms with van der Waals surface area (Å²) in [7, 11) is 4.08. The Hall–Kier alpha value is -1.93. The number of carbonyl (C=O) groups is 2. The second-order valence-electron chi connectivity index (χ2n) is 5.45. The lowest BCUT2D eigenvalue weighted by Crippen LogP contribution is -2.35. The van der Waals surface area contributed by atoms with Gasteiger partial charge in [-0.3, -0.25) is 14.9 Å². The topological polar surface area (TPSA) is 78.4 Å². The van der Waals surface area contributed by atoms with Gasteiger partial charge in [-0.1, -0.05) is 0 Å². The predicted octanol–water partition coefficient (Wildman–Crippen LogP) is 0.941. The summed E-state index contributed by atoms with van der Waals surface area (Å²) in [5.74, 6) is 0.255. The van der Waals surface area contributed by atoms with Crippen molar-refractivity contribution >= 4 is 34.9 Å². The van der Waals surface area contributed by atoms with Crippen LogP contribution in [0.3, 0.4) is 0 Å². The zero-order valence-electron chi connectivity index (χ0n) is 12.4. The summed E-state index contributed by atoms with van der Waals surface area (Å²) in [6.45, 7) is 2.05. The number of imide groups is 1. The van der Waals surface area contributed by atoms with Crippen LogP contribution in [0.25, 0.3) is 6.08 Å². The van der Waals surface area contributed by atoms with E-state index in [0.29, 0.717) is 22.6 Å². The Labute approximate surface area is 132 Å². The Morgan fingerprint density at radius 3 is 2.95 bits per heavy atom. The number of anilines is 1. The number of rotatable bonds is 3. The average molecular weight is 319 g/mol. The fourth-order valence-corrected chi connectivity index (χ4v) is 3.23. The van der Waals surface area contributed by atoms with Crippen molar-refractivity contribution in [2.45, 2.75) is 12.5 Å². The minimum absolute atomic E-state index is 0.350. The van der Waals surface area contributed by atoms with E-state index in [-0.39, 0.29) is 11.1 Å². The molecule has 3 rings (SSSR count). The molecule has 0 radical (unpaired) electrons. The largest absolute Gasteiger partial charge is 0.340 e. The second kappa shape index (κ2) is 6.05. The third kappa shape index (κ3) is 3.12. The number of likely N-dealkylation sites (tertiary alicyclic amines) is 1. The van der Waals surface area contributed by atoms with Gasteiger partial charge in [0.25, 0.3) is 11.1 Å². The van der Waals surface area contributed by atoms with Crippen molar-refractivity contribution in [2.75, 3.05) is 32.1 Å². The molecule has 1 unspecified atom stereocenters. The lowest BCUT2D eigenvalue weighted by Gasteiger charge is -2.24. The summed E-state index contributed by atoms with van der Waals surface area (Å²) >= 11 is 0.889. The number of hydrogen-bond donors (Lipinski definition) is 1. The molecular weight excluding hydrogens is 302 g/mol. The van der Waals surface area contributed by atoms with Gasteiger partial charge in [-0.15, -0.1) is 0 Å². The molecule has 0 aliphatic carbocycles. The second-order valence-corrected chi connectivity index (χ2v) is 6.46. The maximum absolute atomic E-state index is 11.6. The predicted molar refractivity (Wildman–Crippen MR) is 85.4 cm³/mol. The molecule has 2 saturated heterocycles. The van der Waals surface area contributed by atoms with Gasteiger partial charge in [0.15, 0.2) is 0 Å². The lowest BCUT2D eigenvalue weighted by atomic mass is 10.2. The zero-order chi connectivity index (χ0) is 15.7. The van der Waals surface area contributed by atoms with Crippen molar-refractivity contribution in [1.82, 2.24) is 20.2 Å². The van der Waals surface area contributed by atoms with E-state index in [1.54, 1.807) is 18.3 Å². The van der Waals surface area contributed by atoms with Gasteiger partial charge in [0, 0.05) is 25.8 Å². The van der Waals surface area contributed by atoms with Crippen molar-refractivity contribution < 1.29 is 9.59 Å². The maximum atomic E-state index is 11.6. The number of amides is 2. The Balaban J connectivity index is 1.79. The van der Waals surface area contributed by atoms with Crippen LogP contribution < -0.4 is 10.2 Å². The number of aromatic nitrogens is 2. The summed E-state index contributed by atoms with van der Waals surface area (Å²) in [5, 5.41) is 1.88. The number of nitrogens with zero attached hydrogens (tertiary/aromatic N) is 4. The van der Waals surface area contributed by atoms with Crippen LogP contribution in [0.1, 0.15) is 12.1 Å². The molecule has 0 bridgehead atoms. The quantitative estimate of drug-likeness (QED) is 0.831. The van der Waals surface area contributed by atoms with Crippen LogP contribution in [0.2, 0.25) is 0 Å². The van der Waals surface area contributed by atoms with Gasteiger partial charge < -0.3 is 9.80 Å². The van der Waals surface area contributed by atoms with E-state index >= 15 is 0 Å². The molecule has 1 N–H and O–H groups in total. The third-order valence-corrected chi connectivity index (χ3v) is 4.63. The van der Waals surface area contributed by atoms with Gasteiger partial charge in [0.05, 0.1) is 10.6 Å². The van der Waals surface area contributed by atoms with Crippen LogP contribution in [0.4, 0.5) is 10.7 Å². The fourth-order valence-electron chi connectivity index (χ4n) is 2.56. The number of thioether (sulfide) groups is 1. The van der Waals surface area contributed by atoms with E-state index < -0.39 is 0 Å². The molecule has 2 aliphatic rings. The first-order chi connectivity index (χ1) is 10.5. The molecule has 1 aromatic heterocycles. The smallest absolute Gasteiger partial charge is 0.290 e. The number of carbonyl (C=O) groups excluding carboxylic acids is 2. The minimum atomic E-state index is -0.374. The normalized spacial score (nSPS) is 24.1. The van der Waals surface area contributed by atoms with E-state index in [0.717, 1.165) is 31.3 Å². The number of likely N-dealkylation sites (N-methyl/N-ethyl adjacent to an activating group) is 2. The first-order valence-electron chi connectivity index (χ1n) is 7.02. The number of hydrogen-bond acceptors (Lipinski definition) is 7. The van der Waals surface area contributed by atoms with Crippen molar-refractivity contribution in [3.05, 3.63) is 22.9 Å². The highest BCUT2D eigenvalue weighted by Gasteiger charge is 2.26. The Kier molecular flexibility index (Phi) is 4.12. The Morgan fingerprint density at radius 1 is 1.50 bits per heavy atom. The van der Waals surface area contributed by atoms with Crippen molar-refractivity contribution in [1.29, 1.82) is 0 Å². The Bertz CT molecular complexity index is 648. The third-order valence-electron chi connectivity index (χ3n) is 3.82. The highest BCUT2D eigenvalue weighted by Crippen LogP contribution is 2.25. The van der Waals surface area contributed by atoms with Crippen molar-refractivity contribution in [2.24, 2.45) is 0 Å². The van der Waals surface area contributed by atoms with Crippen LogP contribution in [-0.2, 0) is 4.79 Å². The van der Waals surface area contributed by atoms with Crippen molar-refractivity contribution in [3.63, 3.8) is 0 Å². The molecule has 1 aromatic rings. The first-order valence-corrected chi connectivity index (χ1v) is 7.84. The van der Waals surface area contributed by atoms with E-state index in [1.165, 1.54) is 0 Å². The van der Waals surface area contributed by atoms with E-state index in [1.807, 2.05) is 7.05 Å². The summed E-state index contributed by atoms with van der Waals surface area (Å²) in [5.41, 5.74) is 0.621. The van der Waals surface area contributed by atoms with E-state index in [9.17, 15) is 9.59 Å². The SMILES string of the molecule is CN1CCC(N(C)c2nccc(C=C3SC(=O)NC3=O)n2)C1. The molecule has 0 spiro atoms. The molecule has 1 atom stereocenters. The molecule has 2 amide bonds.